The van der Waals surface area contributed by atoms with E-state index in [2.05, 4.69) is 9.98 Å². The van der Waals surface area contributed by atoms with Crippen LogP contribution < -0.4 is 0 Å². The van der Waals surface area contributed by atoms with E-state index in [-0.39, 0.29) is 5.57 Å². The average Bonchev–Trinajstić information content (AvgIpc) is 2.71. The van der Waals surface area contributed by atoms with E-state index in [1.54, 1.807) is 22.7 Å². The summed E-state index contributed by atoms with van der Waals surface area (Å²) in [6, 6.07) is 0. The first-order chi connectivity index (χ1) is 8.04. The predicted molar refractivity (Wildman–Crippen MR) is 69.9 cm³/mol. The van der Waals surface area contributed by atoms with E-state index in [1.807, 2.05) is 21.0 Å². The van der Waals surface area contributed by atoms with Crippen LogP contribution in [0.1, 0.15) is 19.0 Å². The molecule has 1 rings (SSSR count). The molecule has 17 heavy (non-hydrogen) atoms. The molecular formula is C11H15N3O2S. The third-order valence-corrected chi connectivity index (χ3v) is 2.55. The summed E-state index contributed by atoms with van der Waals surface area (Å²) in [6.45, 7) is 1.89. The minimum Gasteiger partial charge on any atom is -0.478 e. The molecule has 1 aromatic heterocycles. The SMILES string of the molecule is CC/C=C(/C(=O)O)c1csc(/N=C/N(C)C)n1. The largest absolute Gasteiger partial charge is 0.478 e. The summed E-state index contributed by atoms with van der Waals surface area (Å²) >= 11 is 1.32. The van der Waals surface area contributed by atoms with Gasteiger partial charge in [-0.15, -0.1) is 11.3 Å². The number of aliphatic imine (C=N–C) groups is 1. The minimum atomic E-state index is -0.958. The van der Waals surface area contributed by atoms with Crippen molar-refractivity contribution in [3.8, 4) is 0 Å². The van der Waals surface area contributed by atoms with Crippen molar-refractivity contribution in [1.29, 1.82) is 0 Å². The number of carbonyl (C=O) groups is 1. The number of nitrogens with zero attached hydrogens (tertiary/aromatic N) is 3. The normalized spacial score (nSPS) is 12.1. The van der Waals surface area contributed by atoms with E-state index in [4.69, 9.17) is 5.11 Å². The van der Waals surface area contributed by atoms with E-state index in [0.29, 0.717) is 17.2 Å². The highest BCUT2D eigenvalue weighted by molar-refractivity contribution is 7.13. The predicted octanol–water partition coefficient (Wildman–Crippen LogP) is 2.24. The summed E-state index contributed by atoms with van der Waals surface area (Å²) in [5.74, 6) is -0.958. The molecule has 0 aliphatic carbocycles. The van der Waals surface area contributed by atoms with Crippen LogP contribution in [0.4, 0.5) is 5.13 Å². The highest BCUT2D eigenvalue weighted by Gasteiger charge is 2.13. The van der Waals surface area contributed by atoms with Crippen molar-refractivity contribution in [3.63, 3.8) is 0 Å². The molecule has 0 bridgehead atoms. The summed E-state index contributed by atoms with van der Waals surface area (Å²) in [5.41, 5.74) is 0.699. The number of hydrogen-bond acceptors (Lipinski definition) is 4. The minimum absolute atomic E-state index is 0.232. The van der Waals surface area contributed by atoms with Gasteiger partial charge in [0.15, 0.2) is 0 Å². The smallest absolute Gasteiger partial charge is 0.337 e. The number of rotatable bonds is 5. The summed E-state index contributed by atoms with van der Waals surface area (Å²) in [7, 11) is 3.72. The maximum atomic E-state index is 11.0. The van der Waals surface area contributed by atoms with Crippen molar-refractivity contribution in [2.24, 2.45) is 4.99 Å². The van der Waals surface area contributed by atoms with Crippen LogP contribution in [0.3, 0.4) is 0 Å². The lowest BCUT2D eigenvalue weighted by molar-refractivity contribution is -0.130. The monoisotopic (exact) mass is 253 g/mol. The lowest BCUT2D eigenvalue weighted by Gasteiger charge is -2.00. The van der Waals surface area contributed by atoms with Crippen molar-refractivity contribution in [2.75, 3.05) is 14.1 Å². The van der Waals surface area contributed by atoms with Gasteiger partial charge in [0.1, 0.15) is 0 Å². The molecule has 0 saturated heterocycles. The number of carboxylic acids is 1. The molecule has 0 aromatic carbocycles. The molecule has 1 N–H and O–H groups in total. The van der Waals surface area contributed by atoms with Gasteiger partial charge in [-0.05, 0) is 6.42 Å². The van der Waals surface area contributed by atoms with E-state index in [9.17, 15) is 4.79 Å². The Labute approximate surface area is 104 Å². The summed E-state index contributed by atoms with van der Waals surface area (Å²) in [4.78, 5) is 21.1. The summed E-state index contributed by atoms with van der Waals surface area (Å²) in [5, 5.41) is 11.3. The molecule has 6 heteroatoms. The Kier molecular flexibility index (Phi) is 4.84. The molecule has 0 amide bonds. The Morgan fingerprint density at radius 3 is 2.88 bits per heavy atom. The molecule has 0 saturated carbocycles. The van der Waals surface area contributed by atoms with Crippen molar-refractivity contribution < 1.29 is 9.90 Å². The summed E-state index contributed by atoms with van der Waals surface area (Å²) < 4.78 is 0. The fourth-order valence-electron chi connectivity index (χ4n) is 1.12. The quantitative estimate of drug-likeness (QED) is 0.496. The molecule has 0 fully saturated rings. The van der Waals surface area contributed by atoms with E-state index in [1.165, 1.54) is 11.3 Å². The zero-order valence-corrected chi connectivity index (χ0v) is 10.9. The van der Waals surface area contributed by atoms with E-state index in [0.717, 1.165) is 0 Å². The Balaban J connectivity index is 2.93. The number of hydrogen-bond donors (Lipinski definition) is 1. The van der Waals surface area contributed by atoms with Crippen LogP contribution in [0.2, 0.25) is 0 Å². The lowest BCUT2D eigenvalue weighted by atomic mass is 10.2. The van der Waals surface area contributed by atoms with Crippen LogP contribution in [0.15, 0.2) is 16.4 Å². The Morgan fingerprint density at radius 1 is 1.65 bits per heavy atom. The van der Waals surface area contributed by atoms with Gasteiger partial charge in [-0.2, -0.15) is 0 Å². The maximum absolute atomic E-state index is 11.0. The lowest BCUT2D eigenvalue weighted by Crippen LogP contribution is -2.06. The molecule has 0 spiro atoms. The van der Waals surface area contributed by atoms with Gasteiger partial charge in [-0.25, -0.2) is 14.8 Å². The first-order valence-electron chi connectivity index (χ1n) is 5.14. The number of allylic oxidation sites excluding steroid dienone is 1. The number of aliphatic carboxylic acids is 1. The zero-order valence-electron chi connectivity index (χ0n) is 10.0. The van der Waals surface area contributed by atoms with Crippen LogP contribution in [0.25, 0.3) is 5.57 Å². The van der Waals surface area contributed by atoms with Gasteiger partial charge in [-0.1, -0.05) is 13.0 Å². The Morgan fingerprint density at radius 2 is 2.35 bits per heavy atom. The van der Waals surface area contributed by atoms with Gasteiger partial charge >= 0.3 is 5.97 Å². The van der Waals surface area contributed by atoms with Gasteiger partial charge in [-0.3, -0.25) is 0 Å². The van der Waals surface area contributed by atoms with Crippen molar-refractivity contribution in [2.45, 2.75) is 13.3 Å². The maximum Gasteiger partial charge on any atom is 0.337 e. The van der Waals surface area contributed by atoms with Gasteiger partial charge < -0.3 is 10.0 Å². The second-order valence-electron chi connectivity index (χ2n) is 3.55. The highest BCUT2D eigenvalue weighted by Crippen LogP contribution is 2.24. The van der Waals surface area contributed by atoms with Crippen LogP contribution in [-0.4, -0.2) is 41.4 Å². The molecule has 0 unspecified atom stereocenters. The second-order valence-corrected chi connectivity index (χ2v) is 4.39. The fraction of sp³-hybridized carbons (Fsp3) is 0.364. The standard InChI is InChI=1S/C11H15N3O2S/c1-4-5-8(10(15)16)9-6-17-11(13-9)12-7-14(2)3/h5-7H,4H2,1-3H3,(H,15,16)/b8-5+,12-7+. The average molecular weight is 253 g/mol. The molecule has 92 valence electrons. The molecule has 5 nitrogen and oxygen atoms in total. The first kappa shape index (κ1) is 13.4. The fourth-order valence-corrected chi connectivity index (χ4v) is 1.77. The van der Waals surface area contributed by atoms with Gasteiger partial charge in [0.2, 0.25) is 5.13 Å². The van der Waals surface area contributed by atoms with Gasteiger partial charge in [0.25, 0.3) is 0 Å². The molecule has 0 radical (unpaired) electrons. The van der Waals surface area contributed by atoms with Crippen molar-refractivity contribution >= 4 is 34.3 Å². The molecule has 0 atom stereocenters. The number of aromatic nitrogens is 1. The number of thiazole rings is 1. The van der Waals surface area contributed by atoms with Crippen molar-refractivity contribution in [3.05, 3.63) is 17.2 Å². The van der Waals surface area contributed by atoms with Crippen LogP contribution >= 0.6 is 11.3 Å². The van der Waals surface area contributed by atoms with Crippen LogP contribution in [0.5, 0.6) is 0 Å². The van der Waals surface area contributed by atoms with Gasteiger partial charge in [0, 0.05) is 19.5 Å². The highest BCUT2D eigenvalue weighted by atomic mass is 32.1. The molecule has 0 aliphatic rings. The topological polar surface area (TPSA) is 65.8 Å². The molecule has 1 aromatic rings. The zero-order chi connectivity index (χ0) is 12.8. The van der Waals surface area contributed by atoms with Crippen LogP contribution in [0, 0.1) is 0 Å². The van der Waals surface area contributed by atoms with E-state index < -0.39 is 5.97 Å². The molecular weight excluding hydrogens is 238 g/mol. The Hall–Kier alpha value is -1.69. The first-order valence-corrected chi connectivity index (χ1v) is 6.02. The molecule has 1 heterocycles. The third-order valence-electron chi connectivity index (χ3n) is 1.81. The number of carboxylic acid groups (broad SMARTS) is 1. The van der Waals surface area contributed by atoms with E-state index >= 15 is 0 Å². The van der Waals surface area contributed by atoms with Crippen molar-refractivity contribution in [1.82, 2.24) is 9.88 Å². The Bertz CT molecular complexity index is 449. The van der Waals surface area contributed by atoms with Gasteiger partial charge in [0.05, 0.1) is 17.6 Å². The van der Waals surface area contributed by atoms with Crippen LogP contribution in [-0.2, 0) is 4.79 Å². The second kappa shape index (κ2) is 6.15. The summed E-state index contributed by atoms with van der Waals surface area (Å²) in [6.07, 6.45) is 3.94. The molecule has 0 aliphatic heterocycles. The third kappa shape index (κ3) is 3.99.